The first kappa shape index (κ1) is 15.0. The third-order valence-corrected chi connectivity index (χ3v) is 3.64. The van der Waals surface area contributed by atoms with Crippen molar-refractivity contribution in [2.24, 2.45) is 0 Å². The van der Waals surface area contributed by atoms with Crippen molar-refractivity contribution in [2.75, 3.05) is 18.6 Å². The Labute approximate surface area is 133 Å². The standard InChI is InChI=1S/C17H16N2O4/c1-11-7-8-12(9-18-11)16(20)19-10-15(17(21)22-2)23-14-6-4-3-5-13(14)19/h3-9,15H,10H2,1-2H3/t15-/m1/s1. The Kier molecular flexibility index (Phi) is 3.97. The molecule has 1 aromatic carbocycles. The van der Waals surface area contributed by atoms with E-state index in [1.807, 2.05) is 13.0 Å². The molecule has 2 heterocycles. The number of aryl methyl sites for hydroxylation is 1. The lowest BCUT2D eigenvalue weighted by Crippen LogP contribution is -2.47. The Balaban J connectivity index is 1.97. The molecule has 1 aliphatic heterocycles. The minimum Gasteiger partial charge on any atom is -0.475 e. The van der Waals surface area contributed by atoms with Gasteiger partial charge in [0.05, 0.1) is 24.9 Å². The maximum atomic E-state index is 12.8. The first-order valence-electron chi connectivity index (χ1n) is 7.18. The van der Waals surface area contributed by atoms with Crippen molar-refractivity contribution in [1.29, 1.82) is 0 Å². The van der Waals surface area contributed by atoms with Gasteiger partial charge in [-0.2, -0.15) is 0 Å². The van der Waals surface area contributed by atoms with Gasteiger partial charge in [-0.05, 0) is 31.2 Å². The predicted molar refractivity (Wildman–Crippen MR) is 83.5 cm³/mol. The van der Waals surface area contributed by atoms with Crippen LogP contribution in [-0.2, 0) is 9.53 Å². The van der Waals surface area contributed by atoms with E-state index in [0.717, 1.165) is 5.69 Å². The van der Waals surface area contributed by atoms with Gasteiger partial charge in [0.1, 0.15) is 5.75 Å². The number of rotatable bonds is 2. The van der Waals surface area contributed by atoms with E-state index in [1.165, 1.54) is 18.2 Å². The predicted octanol–water partition coefficient (Wildman–Crippen LogP) is 1.97. The summed E-state index contributed by atoms with van der Waals surface area (Å²) in [5, 5.41) is 0. The smallest absolute Gasteiger partial charge is 0.348 e. The number of esters is 1. The van der Waals surface area contributed by atoms with Crippen LogP contribution in [0.25, 0.3) is 0 Å². The zero-order chi connectivity index (χ0) is 16.4. The topological polar surface area (TPSA) is 68.7 Å². The molecule has 0 fully saturated rings. The second-order valence-electron chi connectivity index (χ2n) is 5.20. The van der Waals surface area contributed by atoms with Gasteiger partial charge >= 0.3 is 5.97 Å². The van der Waals surface area contributed by atoms with Crippen LogP contribution in [0.3, 0.4) is 0 Å². The molecule has 0 aliphatic carbocycles. The molecule has 0 spiro atoms. The fourth-order valence-electron chi connectivity index (χ4n) is 2.43. The van der Waals surface area contributed by atoms with Gasteiger partial charge in [-0.1, -0.05) is 12.1 Å². The van der Waals surface area contributed by atoms with Crippen molar-refractivity contribution in [2.45, 2.75) is 13.0 Å². The molecule has 3 rings (SSSR count). The zero-order valence-electron chi connectivity index (χ0n) is 12.9. The monoisotopic (exact) mass is 312 g/mol. The number of carbonyl (C=O) groups excluding carboxylic acids is 2. The average Bonchev–Trinajstić information content (AvgIpc) is 2.60. The highest BCUT2D eigenvalue weighted by molar-refractivity contribution is 6.07. The molecule has 0 radical (unpaired) electrons. The number of anilines is 1. The highest BCUT2D eigenvalue weighted by Gasteiger charge is 2.34. The van der Waals surface area contributed by atoms with E-state index in [4.69, 9.17) is 9.47 Å². The molecule has 6 heteroatoms. The third kappa shape index (κ3) is 2.88. The Bertz CT molecular complexity index is 743. The summed E-state index contributed by atoms with van der Waals surface area (Å²) >= 11 is 0. The SMILES string of the molecule is COC(=O)[C@H]1CN(C(=O)c2ccc(C)nc2)c2ccccc2O1. The molecule has 1 amide bonds. The molecule has 2 aromatic rings. The van der Waals surface area contributed by atoms with Gasteiger partial charge in [0, 0.05) is 11.9 Å². The second-order valence-corrected chi connectivity index (χ2v) is 5.20. The van der Waals surface area contributed by atoms with Gasteiger partial charge in [0.25, 0.3) is 5.91 Å². The van der Waals surface area contributed by atoms with Gasteiger partial charge in [-0.25, -0.2) is 4.79 Å². The molecule has 0 bridgehead atoms. The Morgan fingerprint density at radius 2 is 2.04 bits per heavy atom. The van der Waals surface area contributed by atoms with Crippen LogP contribution in [0, 0.1) is 6.92 Å². The molecular weight excluding hydrogens is 296 g/mol. The largest absolute Gasteiger partial charge is 0.475 e. The van der Waals surface area contributed by atoms with E-state index in [9.17, 15) is 9.59 Å². The molecular formula is C17H16N2O4. The zero-order valence-corrected chi connectivity index (χ0v) is 12.9. The van der Waals surface area contributed by atoms with E-state index >= 15 is 0 Å². The van der Waals surface area contributed by atoms with Crippen molar-refractivity contribution < 1.29 is 19.1 Å². The van der Waals surface area contributed by atoms with E-state index < -0.39 is 12.1 Å². The molecule has 1 atom stereocenters. The number of ether oxygens (including phenoxy) is 2. The number of amides is 1. The summed E-state index contributed by atoms with van der Waals surface area (Å²) in [4.78, 5) is 30.3. The molecule has 23 heavy (non-hydrogen) atoms. The van der Waals surface area contributed by atoms with Crippen LogP contribution in [-0.4, -0.2) is 36.6 Å². The number of carbonyl (C=O) groups is 2. The van der Waals surface area contributed by atoms with Crippen molar-refractivity contribution in [1.82, 2.24) is 4.98 Å². The molecule has 118 valence electrons. The minimum atomic E-state index is -0.850. The summed E-state index contributed by atoms with van der Waals surface area (Å²) in [5.74, 6) is -0.274. The number of fused-ring (bicyclic) bond motifs is 1. The van der Waals surface area contributed by atoms with Crippen LogP contribution in [0.4, 0.5) is 5.69 Å². The summed E-state index contributed by atoms with van der Waals surface area (Å²) < 4.78 is 10.4. The summed E-state index contributed by atoms with van der Waals surface area (Å²) in [6, 6.07) is 10.6. The van der Waals surface area contributed by atoms with Gasteiger partial charge in [0.15, 0.2) is 0 Å². The fraction of sp³-hybridized carbons (Fsp3) is 0.235. The first-order chi connectivity index (χ1) is 11.1. The van der Waals surface area contributed by atoms with Crippen molar-refractivity contribution in [3.05, 3.63) is 53.9 Å². The van der Waals surface area contributed by atoms with Crippen molar-refractivity contribution in [3.63, 3.8) is 0 Å². The molecule has 1 aliphatic rings. The van der Waals surface area contributed by atoms with Crippen LogP contribution in [0.15, 0.2) is 42.6 Å². The number of para-hydroxylation sites is 2. The van der Waals surface area contributed by atoms with E-state index in [2.05, 4.69) is 4.98 Å². The Morgan fingerprint density at radius 1 is 1.26 bits per heavy atom. The Morgan fingerprint density at radius 3 is 2.74 bits per heavy atom. The quantitative estimate of drug-likeness (QED) is 0.793. The number of benzene rings is 1. The summed E-state index contributed by atoms with van der Waals surface area (Å²) in [6.45, 7) is 1.95. The van der Waals surface area contributed by atoms with E-state index in [-0.39, 0.29) is 12.5 Å². The number of aromatic nitrogens is 1. The second kappa shape index (κ2) is 6.08. The molecule has 1 aromatic heterocycles. The maximum Gasteiger partial charge on any atom is 0.348 e. The average molecular weight is 312 g/mol. The highest BCUT2D eigenvalue weighted by atomic mass is 16.6. The number of pyridine rings is 1. The van der Waals surface area contributed by atoms with Gasteiger partial charge in [-0.3, -0.25) is 9.78 Å². The Hall–Kier alpha value is -2.89. The number of nitrogens with zero attached hydrogens (tertiary/aromatic N) is 2. The van der Waals surface area contributed by atoms with Gasteiger partial charge in [-0.15, -0.1) is 0 Å². The number of hydrogen-bond donors (Lipinski definition) is 0. The summed E-state index contributed by atoms with van der Waals surface area (Å²) in [6.07, 6.45) is 0.681. The molecule has 0 N–H and O–H groups in total. The molecule has 6 nitrogen and oxygen atoms in total. The van der Waals surface area contributed by atoms with Crippen LogP contribution >= 0.6 is 0 Å². The summed E-state index contributed by atoms with van der Waals surface area (Å²) in [7, 11) is 1.29. The van der Waals surface area contributed by atoms with Crippen LogP contribution in [0.5, 0.6) is 5.75 Å². The van der Waals surface area contributed by atoms with Gasteiger partial charge in [0.2, 0.25) is 6.10 Å². The van der Waals surface area contributed by atoms with Crippen molar-refractivity contribution >= 4 is 17.6 Å². The number of hydrogen-bond acceptors (Lipinski definition) is 5. The maximum absolute atomic E-state index is 12.8. The summed E-state index contributed by atoms with van der Waals surface area (Å²) in [5.41, 5.74) is 1.91. The van der Waals surface area contributed by atoms with Crippen LogP contribution in [0.2, 0.25) is 0 Å². The normalized spacial score (nSPS) is 16.3. The van der Waals surface area contributed by atoms with Crippen LogP contribution < -0.4 is 9.64 Å². The fourth-order valence-corrected chi connectivity index (χ4v) is 2.43. The lowest BCUT2D eigenvalue weighted by molar-refractivity contribution is -0.148. The van der Waals surface area contributed by atoms with Crippen LogP contribution in [0.1, 0.15) is 16.1 Å². The van der Waals surface area contributed by atoms with Gasteiger partial charge < -0.3 is 14.4 Å². The lowest BCUT2D eigenvalue weighted by Gasteiger charge is -2.33. The van der Waals surface area contributed by atoms with Crippen molar-refractivity contribution in [3.8, 4) is 5.75 Å². The molecule has 0 saturated heterocycles. The number of methoxy groups -OCH3 is 1. The molecule has 0 unspecified atom stereocenters. The highest BCUT2D eigenvalue weighted by Crippen LogP contribution is 2.34. The van der Waals surface area contributed by atoms with E-state index in [0.29, 0.717) is 17.0 Å². The molecule has 0 saturated carbocycles. The van der Waals surface area contributed by atoms with E-state index in [1.54, 1.807) is 30.3 Å². The minimum absolute atomic E-state index is 0.0936. The third-order valence-electron chi connectivity index (χ3n) is 3.64. The first-order valence-corrected chi connectivity index (χ1v) is 7.18. The lowest BCUT2D eigenvalue weighted by atomic mass is 10.1.